The second-order valence-corrected chi connectivity index (χ2v) is 6.25. The summed E-state index contributed by atoms with van der Waals surface area (Å²) in [6, 6.07) is 7.48. The molecule has 2 heterocycles. The second-order valence-electron chi connectivity index (χ2n) is 5.84. The van der Waals surface area contributed by atoms with Gasteiger partial charge in [0.15, 0.2) is 0 Å². The Morgan fingerprint density at radius 3 is 2.61 bits per heavy atom. The monoisotopic (exact) mass is 333 g/mol. The minimum Gasteiger partial charge on any atom is -0.489 e. The van der Waals surface area contributed by atoms with Gasteiger partial charge < -0.3 is 9.64 Å². The van der Waals surface area contributed by atoms with Crippen molar-refractivity contribution in [3.05, 3.63) is 46.7 Å². The molecular formula is C17H20ClN3O2. The number of halogens is 1. The highest BCUT2D eigenvalue weighted by atomic mass is 35.5. The van der Waals surface area contributed by atoms with E-state index in [1.54, 1.807) is 10.9 Å². The number of para-hydroxylation sites is 1. The predicted molar refractivity (Wildman–Crippen MR) is 89.0 cm³/mol. The lowest BCUT2D eigenvalue weighted by Gasteiger charge is -2.32. The van der Waals surface area contributed by atoms with Gasteiger partial charge in [0.1, 0.15) is 11.9 Å². The number of carbonyl (C=O) groups excluding carboxylic acids is 1. The number of aryl methyl sites for hydroxylation is 2. The van der Waals surface area contributed by atoms with Gasteiger partial charge in [-0.25, -0.2) is 0 Å². The number of piperidine rings is 1. The van der Waals surface area contributed by atoms with Crippen LogP contribution in [-0.4, -0.2) is 39.8 Å². The molecule has 0 radical (unpaired) electrons. The van der Waals surface area contributed by atoms with Crippen molar-refractivity contribution in [3.8, 4) is 5.75 Å². The maximum absolute atomic E-state index is 12.6. The Labute approximate surface area is 140 Å². The SMILES string of the molecule is Cc1nn(C)cc1C(=O)N1CCC(Oc2ccccc2Cl)CC1. The van der Waals surface area contributed by atoms with Gasteiger partial charge in [-0.05, 0) is 19.1 Å². The minimum absolute atomic E-state index is 0.0480. The van der Waals surface area contributed by atoms with E-state index >= 15 is 0 Å². The van der Waals surface area contributed by atoms with E-state index in [4.69, 9.17) is 16.3 Å². The molecule has 0 spiro atoms. The Morgan fingerprint density at radius 2 is 2.00 bits per heavy atom. The summed E-state index contributed by atoms with van der Waals surface area (Å²) in [4.78, 5) is 14.4. The molecule has 0 aliphatic carbocycles. The van der Waals surface area contributed by atoms with Crippen LogP contribution in [0.5, 0.6) is 5.75 Å². The number of likely N-dealkylation sites (tertiary alicyclic amines) is 1. The first-order chi connectivity index (χ1) is 11.0. The summed E-state index contributed by atoms with van der Waals surface area (Å²) >= 11 is 6.12. The normalized spacial score (nSPS) is 15.7. The van der Waals surface area contributed by atoms with Crippen LogP contribution in [0.25, 0.3) is 0 Å². The van der Waals surface area contributed by atoms with E-state index in [9.17, 15) is 4.79 Å². The van der Waals surface area contributed by atoms with Gasteiger partial charge in [-0.2, -0.15) is 5.10 Å². The highest BCUT2D eigenvalue weighted by molar-refractivity contribution is 6.32. The van der Waals surface area contributed by atoms with Crippen molar-refractivity contribution in [2.24, 2.45) is 7.05 Å². The molecule has 1 saturated heterocycles. The van der Waals surface area contributed by atoms with Gasteiger partial charge in [0.2, 0.25) is 0 Å². The first-order valence-corrected chi connectivity index (χ1v) is 8.13. The first-order valence-electron chi connectivity index (χ1n) is 7.75. The number of aromatic nitrogens is 2. The number of hydrogen-bond acceptors (Lipinski definition) is 3. The maximum Gasteiger partial charge on any atom is 0.257 e. The number of benzene rings is 1. The molecule has 1 aliphatic rings. The van der Waals surface area contributed by atoms with Crippen LogP contribution in [0.1, 0.15) is 28.9 Å². The van der Waals surface area contributed by atoms with Gasteiger partial charge in [0.25, 0.3) is 5.91 Å². The smallest absolute Gasteiger partial charge is 0.257 e. The second kappa shape index (κ2) is 6.62. The lowest BCUT2D eigenvalue weighted by atomic mass is 10.1. The number of carbonyl (C=O) groups is 1. The Morgan fingerprint density at radius 1 is 1.30 bits per heavy atom. The molecule has 6 heteroatoms. The number of hydrogen-bond donors (Lipinski definition) is 0. The molecule has 1 amide bonds. The molecule has 0 bridgehead atoms. The van der Waals surface area contributed by atoms with E-state index in [0.29, 0.717) is 29.4 Å². The highest BCUT2D eigenvalue weighted by Gasteiger charge is 2.26. The van der Waals surface area contributed by atoms with Gasteiger partial charge in [-0.3, -0.25) is 9.48 Å². The zero-order chi connectivity index (χ0) is 16.4. The molecule has 2 aromatic rings. The van der Waals surface area contributed by atoms with Crippen molar-refractivity contribution in [2.75, 3.05) is 13.1 Å². The number of rotatable bonds is 3. The van der Waals surface area contributed by atoms with Gasteiger partial charge in [0.05, 0.1) is 16.3 Å². The molecule has 0 N–H and O–H groups in total. The average Bonchev–Trinajstić information content (AvgIpc) is 2.88. The van der Waals surface area contributed by atoms with Gasteiger partial charge in [0, 0.05) is 39.2 Å². The van der Waals surface area contributed by atoms with Gasteiger partial charge >= 0.3 is 0 Å². The van der Waals surface area contributed by atoms with Crippen LogP contribution < -0.4 is 4.74 Å². The van der Waals surface area contributed by atoms with Crippen molar-refractivity contribution in [3.63, 3.8) is 0 Å². The Kier molecular flexibility index (Phi) is 4.57. The van der Waals surface area contributed by atoms with E-state index in [0.717, 1.165) is 18.5 Å². The fourth-order valence-corrected chi connectivity index (χ4v) is 3.06. The summed E-state index contributed by atoms with van der Waals surface area (Å²) in [6.45, 7) is 3.23. The van der Waals surface area contributed by atoms with Crippen LogP contribution >= 0.6 is 11.6 Å². The Balaban J connectivity index is 1.59. The number of amides is 1. The summed E-state index contributed by atoms with van der Waals surface area (Å²) < 4.78 is 7.64. The summed E-state index contributed by atoms with van der Waals surface area (Å²) in [5.41, 5.74) is 1.45. The zero-order valence-corrected chi connectivity index (χ0v) is 14.1. The zero-order valence-electron chi connectivity index (χ0n) is 13.3. The first kappa shape index (κ1) is 15.9. The van der Waals surface area contributed by atoms with Crippen molar-refractivity contribution in [1.29, 1.82) is 0 Å². The maximum atomic E-state index is 12.6. The molecule has 5 nitrogen and oxygen atoms in total. The molecule has 23 heavy (non-hydrogen) atoms. The van der Waals surface area contributed by atoms with Crippen LogP contribution in [0.4, 0.5) is 0 Å². The standard InChI is InChI=1S/C17H20ClN3O2/c1-12-14(11-20(2)19-12)17(22)21-9-7-13(8-10-21)23-16-6-4-3-5-15(16)18/h3-6,11,13H,7-10H2,1-2H3. The number of ether oxygens (including phenoxy) is 1. The Hall–Kier alpha value is -2.01. The molecule has 3 rings (SSSR count). The van der Waals surface area contributed by atoms with Crippen molar-refractivity contribution in [2.45, 2.75) is 25.9 Å². The third kappa shape index (κ3) is 3.50. The van der Waals surface area contributed by atoms with Crippen LogP contribution in [0.15, 0.2) is 30.5 Å². The summed E-state index contributed by atoms with van der Waals surface area (Å²) in [5.74, 6) is 0.758. The number of nitrogens with zero attached hydrogens (tertiary/aromatic N) is 3. The van der Waals surface area contributed by atoms with E-state index in [-0.39, 0.29) is 12.0 Å². The van der Waals surface area contributed by atoms with Crippen LogP contribution in [0.3, 0.4) is 0 Å². The largest absolute Gasteiger partial charge is 0.489 e. The average molecular weight is 334 g/mol. The summed E-state index contributed by atoms with van der Waals surface area (Å²) in [5, 5.41) is 4.86. The van der Waals surface area contributed by atoms with Crippen LogP contribution in [0.2, 0.25) is 5.02 Å². The van der Waals surface area contributed by atoms with Crippen molar-refractivity contribution >= 4 is 17.5 Å². The lowest BCUT2D eigenvalue weighted by Crippen LogP contribution is -2.41. The molecule has 0 unspecified atom stereocenters. The molecule has 1 aliphatic heterocycles. The van der Waals surface area contributed by atoms with E-state index in [1.807, 2.05) is 43.1 Å². The quantitative estimate of drug-likeness (QED) is 0.867. The summed E-state index contributed by atoms with van der Waals surface area (Å²) in [7, 11) is 1.83. The topological polar surface area (TPSA) is 47.4 Å². The molecule has 1 aromatic heterocycles. The van der Waals surface area contributed by atoms with E-state index in [2.05, 4.69) is 5.10 Å². The fraction of sp³-hybridized carbons (Fsp3) is 0.412. The van der Waals surface area contributed by atoms with Gasteiger partial charge in [-0.1, -0.05) is 23.7 Å². The minimum atomic E-state index is 0.0480. The van der Waals surface area contributed by atoms with Crippen LogP contribution in [0, 0.1) is 6.92 Å². The Bertz CT molecular complexity index is 706. The molecular weight excluding hydrogens is 314 g/mol. The molecule has 0 atom stereocenters. The third-order valence-corrected chi connectivity index (χ3v) is 4.42. The summed E-state index contributed by atoms with van der Waals surface area (Å²) in [6.07, 6.45) is 3.48. The molecule has 122 valence electrons. The predicted octanol–water partition coefficient (Wildman–Crippen LogP) is 3.07. The van der Waals surface area contributed by atoms with E-state index in [1.165, 1.54) is 0 Å². The fourth-order valence-electron chi connectivity index (χ4n) is 2.88. The van der Waals surface area contributed by atoms with Crippen molar-refractivity contribution < 1.29 is 9.53 Å². The molecule has 0 saturated carbocycles. The molecule has 1 fully saturated rings. The van der Waals surface area contributed by atoms with E-state index < -0.39 is 0 Å². The van der Waals surface area contributed by atoms with Crippen molar-refractivity contribution in [1.82, 2.24) is 14.7 Å². The third-order valence-electron chi connectivity index (χ3n) is 4.10. The lowest BCUT2D eigenvalue weighted by molar-refractivity contribution is 0.0595. The van der Waals surface area contributed by atoms with Gasteiger partial charge in [-0.15, -0.1) is 0 Å². The van der Waals surface area contributed by atoms with Crippen LogP contribution in [-0.2, 0) is 7.05 Å². The highest BCUT2D eigenvalue weighted by Crippen LogP contribution is 2.27. The molecule has 1 aromatic carbocycles.